The van der Waals surface area contributed by atoms with Crippen LogP contribution in [0.15, 0.2) is 12.5 Å². The van der Waals surface area contributed by atoms with Crippen LogP contribution in [0.3, 0.4) is 0 Å². The monoisotopic (exact) mass is 375 g/mol. The van der Waals surface area contributed by atoms with Crippen LogP contribution in [0.25, 0.3) is 11.0 Å². The zero-order valence-electron chi connectivity index (χ0n) is 15.5. The van der Waals surface area contributed by atoms with Crippen LogP contribution in [-0.4, -0.2) is 49.4 Å². The summed E-state index contributed by atoms with van der Waals surface area (Å²) in [6.45, 7) is 6.38. The number of thiocarbonyl (C=S) groups is 1. The van der Waals surface area contributed by atoms with Crippen molar-refractivity contribution < 1.29 is 0 Å². The lowest BCUT2D eigenvalue weighted by Gasteiger charge is -2.20. The Labute approximate surface area is 160 Å². The average molecular weight is 376 g/mol. The van der Waals surface area contributed by atoms with E-state index in [2.05, 4.69) is 32.2 Å². The Morgan fingerprint density at radius 2 is 2.00 bits per heavy atom. The summed E-state index contributed by atoms with van der Waals surface area (Å²) in [7, 11) is 0. The molecule has 3 rings (SSSR count). The number of nitrogens with zero attached hydrogens (tertiary/aromatic N) is 5. The molecule has 0 spiro atoms. The van der Waals surface area contributed by atoms with E-state index >= 15 is 0 Å². The van der Waals surface area contributed by atoms with Gasteiger partial charge < -0.3 is 16.0 Å². The van der Waals surface area contributed by atoms with Gasteiger partial charge in [-0.25, -0.2) is 14.6 Å². The average Bonchev–Trinajstić information content (AvgIpc) is 2.86. The van der Waals surface area contributed by atoms with Gasteiger partial charge in [-0.05, 0) is 44.6 Å². The first-order chi connectivity index (χ1) is 12.7. The van der Waals surface area contributed by atoms with E-state index < -0.39 is 0 Å². The number of aromatic nitrogens is 4. The number of nitrogens with one attached hydrogen (secondary N) is 1. The second-order valence-electron chi connectivity index (χ2n) is 6.97. The maximum atomic E-state index is 5.70. The third-order valence-corrected chi connectivity index (χ3v) is 5.13. The van der Waals surface area contributed by atoms with Gasteiger partial charge in [0.25, 0.3) is 0 Å². The zero-order valence-corrected chi connectivity index (χ0v) is 16.3. The molecule has 0 aromatic carbocycles. The quantitative estimate of drug-likeness (QED) is 0.719. The van der Waals surface area contributed by atoms with Crippen molar-refractivity contribution in [3.8, 4) is 0 Å². The van der Waals surface area contributed by atoms with Crippen molar-refractivity contribution in [2.75, 3.05) is 19.6 Å². The van der Waals surface area contributed by atoms with Crippen LogP contribution >= 0.6 is 12.2 Å². The van der Waals surface area contributed by atoms with Gasteiger partial charge in [0.05, 0.1) is 29.9 Å². The molecule has 7 nitrogen and oxygen atoms in total. The highest BCUT2D eigenvalue weighted by molar-refractivity contribution is 7.80. The van der Waals surface area contributed by atoms with E-state index in [1.54, 1.807) is 6.33 Å². The van der Waals surface area contributed by atoms with Crippen molar-refractivity contribution in [2.24, 2.45) is 5.73 Å². The van der Waals surface area contributed by atoms with E-state index in [0.717, 1.165) is 42.7 Å². The SMILES string of the molecule is CCCC(NC(N)=S)c1ncnc2c1cnn2CCN1CCCCCC1. The first-order valence-corrected chi connectivity index (χ1v) is 10.0. The van der Waals surface area contributed by atoms with Crippen LogP contribution in [0.2, 0.25) is 0 Å². The minimum atomic E-state index is -0.00810. The molecule has 1 unspecified atom stereocenters. The third-order valence-electron chi connectivity index (χ3n) is 5.02. The molecule has 0 saturated carbocycles. The molecule has 2 aromatic heterocycles. The highest BCUT2D eigenvalue weighted by Crippen LogP contribution is 2.24. The van der Waals surface area contributed by atoms with Gasteiger partial charge >= 0.3 is 0 Å². The van der Waals surface area contributed by atoms with Crippen molar-refractivity contribution in [3.05, 3.63) is 18.2 Å². The van der Waals surface area contributed by atoms with Gasteiger partial charge in [0.2, 0.25) is 0 Å². The molecule has 2 aromatic rings. The normalized spacial score (nSPS) is 17.1. The number of fused-ring (bicyclic) bond motifs is 1. The van der Waals surface area contributed by atoms with E-state index in [1.165, 1.54) is 38.8 Å². The minimum Gasteiger partial charge on any atom is -0.376 e. The summed E-state index contributed by atoms with van der Waals surface area (Å²) in [4.78, 5) is 11.5. The topological polar surface area (TPSA) is 84.9 Å². The molecule has 0 amide bonds. The Balaban J connectivity index is 1.77. The predicted molar refractivity (Wildman–Crippen MR) is 108 cm³/mol. The van der Waals surface area contributed by atoms with E-state index in [4.69, 9.17) is 18.0 Å². The summed E-state index contributed by atoms with van der Waals surface area (Å²) in [6.07, 6.45) is 10.7. The standard InChI is InChI=1S/C18H29N7S/c1-2-7-15(23-18(19)26)16-14-12-22-25(17(14)21-13-20-16)11-10-24-8-5-3-4-6-9-24/h12-13,15H,2-11H2,1H3,(H3,19,23,26). The van der Waals surface area contributed by atoms with E-state index in [-0.39, 0.29) is 6.04 Å². The van der Waals surface area contributed by atoms with Crippen molar-refractivity contribution in [1.82, 2.24) is 30.0 Å². The van der Waals surface area contributed by atoms with E-state index in [9.17, 15) is 0 Å². The summed E-state index contributed by atoms with van der Waals surface area (Å²) in [5.74, 6) is 0. The van der Waals surface area contributed by atoms with Crippen molar-refractivity contribution in [3.63, 3.8) is 0 Å². The molecular formula is C18H29N7S. The van der Waals surface area contributed by atoms with E-state index in [0.29, 0.717) is 5.11 Å². The first kappa shape index (κ1) is 19.0. The largest absolute Gasteiger partial charge is 0.376 e. The molecule has 1 fully saturated rings. The Hall–Kier alpha value is -1.80. The highest BCUT2D eigenvalue weighted by atomic mass is 32.1. The van der Waals surface area contributed by atoms with Gasteiger partial charge in [-0.2, -0.15) is 5.10 Å². The van der Waals surface area contributed by atoms with Crippen LogP contribution in [0.1, 0.15) is 57.2 Å². The lowest BCUT2D eigenvalue weighted by Crippen LogP contribution is -2.33. The lowest BCUT2D eigenvalue weighted by atomic mass is 10.1. The van der Waals surface area contributed by atoms with Gasteiger partial charge in [-0.3, -0.25) is 0 Å². The third kappa shape index (κ3) is 4.67. The molecule has 3 heterocycles. The molecule has 0 bridgehead atoms. The molecule has 0 aliphatic carbocycles. The summed E-state index contributed by atoms with van der Waals surface area (Å²) in [5, 5.41) is 9.02. The molecule has 8 heteroatoms. The summed E-state index contributed by atoms with van der Waals surface area (Å²) >= 11 is 5.04. The Bertz CT molecular complexity index is 721. The fourth-order valence-electron chi connectivity index (χ4n) is 3.69. The second kappa shape index (κ2) is 9.23. The van der Waals surface area contributed by atoms with Crippen LogP contribution in [0.5, 0.6) is 0 Å². The number of rotatable bonds is 7. The predicted octanol–water partition coefficient (Wildman–Crippen LogP) is 2.38. The Kier molecular flexibility index (Phi) is 6.73. The van der Waals surface area contributed by atoms with E-state index in [1.807, 2.05) is 10.9 Å². The fourth-order valence-corrected chi connectivity index (χ4v) is 3.83. The van der Waals surface area contributed by atoms with Gasteiger partial charge in [0, 0.05) is 6.54 Å². The molecule has 0 radical (unpaired) electrons. The molecule has 3 N–H and O–H groups in total. The number of hydrogen-bond acceptors (Lipinski definition) is 5. The molecule has 1 aliphatic heterocycles. The summed E-state index contributed by atoms with van der Waals surface area (Å²) < 4.78 is 2.00. The maximum Gasteiger partial charge on any atom is 0.164 e. The number of likely N-dealkylation sites (tertiary alicyclic amines) is 1. The first-order valence-electron chi connectivity index (χ1n) is 9.63. The molecule has 1 saturated heterocycles. The van der Waals surface area contributed by atoms with Gasteiger partial charge in [0.1, 0.15) is 6.33 Å². The highest BCUT2D eigenvalue weighted by Gasteiger charge is 2.19. The lowest BCUT2D eigenvalue weighted by molar-refractivity contribution is 0.270. The van der Waals surface area contributed by atoms with Crippen LogP contribution in [0, 0.1) is 0 Å². The minimum absolute atomic E-state index is 0.00810. The van der Waals surface area contributed by atoms with Crippen molar-refractivity contribution >= 4 is 28.4 Å². The van der Waals surface area contributed by atoms with Crippen LogP contribution in [0.4, 0.5) is 0 Å². The van der Waals surface area contributed by atoms with Crippen molar-refractivity contribution in [2.45, 2.75) is 58.0 Å². The molecule has 1 atom stereocenters. The maximum absolute atomic E-state index is 5.70. The molecule has 1 aliphatic rings. The zero-order chi connectivity index (χ0) is 18.4. The molecule has 142 valence electrons. The molecular weight excluding hydrogens is 346 g/mol. The molecule has 26 heavy (non-hydrogen) atoms. The van der Waals surface area contributed by atoms with Crippen molar-refractivity contribution in [1.29, 1.82) is 0 Å². The Morgan fingerprint density at radius 1 is 1.23 bits per heavy atom. The van der Waals surface area contributed by atoms with Crippen LogP contribution < -0.4 is 11.1 Å². The second-order valence-corrected chi connectivity index (χ2v) is 7.41. The van der Waals surface area contributed by atoms with Gasteiger partial charge in [-0.15, -0.1) is 0 Å². The number of nitrogens with two attached hydrogens (primary N) is 1. The fraction of sp³-hybridized carbons (Fsp3) is 0.667. The van der Waals surface area contributed by atoms with Gasteiger partial charge in [0.15, 0.2) is 10.8 Å². The van der Waals surface area contributed by atoms with Crippen LogP contribution in [-0.2, 0) is 6.54 Å². The summed E-state index contributed by atoms with van der Waals surface area (Å²) in [5.41, 5.74) is 7.51. The summed E-state index contributed by atoms with van der Waals surface area (Å²) in [6, 6.07) is -0.00810. The smallest absolute Gasteiger partial charge is 0.164 e. The number of hydrogen-bond donors (Lipinski definition) is 2. The van der Waals surface area contributed by atoms with Gasteiger partial charge in [-0.1, -0.05) is 26.2 Å². The Morgan fingerprint density at radius 3 is 2.69 bits per heavy atom.